The molecule has 0 unspecified atom stereocenters. The number of H-pyrrole nitrogens is 2. The van der Waals surface area contributed by atoms with E-state index in [-0.39, 0.29) is 0 Å². The van der Waals surface area contributed by atoms with Crippen LogP contribution >= 0.6 is 12.2 Å². The van der Waals surface area contributed by atoms with E-state index in [4.69, 9.17) is 12.2 Å². The van der Waals surface area contributed by atoms with Crippen molar-refractivity contribution in [3.8, 4) is 23.0 Å². The van der Waals surface area contributed by atoms with Gasteiger partial charge >= 0.3 is 0 Å². The van der Waals surface area contributed by atoms with Gasteiger partial charge in [-0.15, -0.1) is 0 Å². The molecule has 0 aliphatic rings. The van der Waals surface area contributed by atoms with Crippen LogP contribution < -0.4 is 5.32 Å². The maximum absolute atomic E-state index is 9.27. The highest BCUT2D eigenvalue weighted by Crippen LogP contribution is 2.35. The molecule has 0 saturated carbocycles. The van der Waals surface area contributed by atoms with Gasteiger partial charge in [0.25, 0.3) is 0 Å². The standard InChI is InChI=1S/C25H20N6S/c1-15-6-8-20(16(2)10-15)23-24(29-18-5-3-4-17(11-18)13-26)30-25(32)31(23)19-7-9-21-22(12-19)28-14-27-21/h3-12,14,29H,1-2H3,(H,27,28)(H,30,32). The molecule has 0 amide bonds. The first kappa shape index (κ1) is 19.8. The highest BCUT2D eigenvalue weighted by atomic mass is 32.1. The number of nitriles is 1. The monoisotopic (exact) mass is 436 g/mol. The fourth-order valence-corrected chi connectivity index (χ4v) is 4.28. The summed E-state index contributed by atoms with van der Waals surface area (Å²) in [6.45, 7) is 4.18. The van der Waals surface area contributed by atoms with Crippen molar-refractivity contribution in [2.75, 3.05) is 5.32 Å². The average molecular weight is 437 g/mol. The Bertz CT molecular complexity index is 1560. The highest BCUT2D eigenvalue weighted by molar-refractivity contribution is 7.71. The zero-order valence-corrected chi connectivity index (χ0v) is 18.4. The number of aryl methyl sites for hydroxylation is 2. The Labute approximate surface area is 190 Å². The van der Waals surface area contributed by atoms with E-state index in [0.717, 1.165) is 45.0 Å². The van der Waals surface area contributed by atoms with Crippen molar-refractivity contribution in [1.29, 1.82) is 5.26 Å². The second-order valence-corrected chi connectivity index (χ2v) is 8.12. The van der Waals surface area contributed by atoms with Crippen LogP contribution in [0.25, 0.3) is 28.0 Å². The van der Waals surface area contributed by atoms with Crippen LogP contribution in [0, 0.1) is 29.9 Å². The number of aromatic amines is 2. The van der Waals surface area contributed by atoms with E-state index < -0.39 is 0 Å². The first-order chi connectivity index (χ1) is 15.5. The third kappa shape index (κ3) is 3.47. The smallest absolute Gasteiger partial charge is 0.183 e. The predicted molar refractivity (Wildman–Crippen MR) is 130 cm³/mol. The molecule has 2 heterocycles. The van der Waals surface area contributed by atoms with Gasteiger partial charge in [0.15, 0.2) is 4.77 Å². The number of hydrogen-bond acceptors (Lipinski definition) is 4. The van der Waals surface area contributed by atoms with Crippen molar-refractivity contribution in [3.63, 3.8) is 0 Å². The van der Waals surface area contributed by atoms with Crippen LogP contribution in [0.3, 0.4) is 0 Å². The van der Waals surface area contributed by atoms with Gasteiger partial charge < -0.3 is 15.3 Å². The van der Waals surface area contributed by atoms with Crippen LogP contribution in [0.2, 0.25) is 0 Å². The number of benzene rings is 3. The zero-order valence-electron chi connectivity index (χ0n) is 17.6. The lowest BCUT2D eigenvalue weighted by atomic mass is 10.0. The van der Waals surface area contributed by atoms with Crippen molar-refractivity contribution < 1.29 is 0 Å². The minimum Gasteiger partial charge on any atom is -0.345 e. The summed E-state index contributed by atoms with van der Waals surface area (Å²) in [7, 11) is 0. The summed E-state index contributed by atoms with van der Waals surface area (Å²) in [4.78, 5) is 10.8. The zero-order chi connectivity index (χ0) is 22.2. The van der Waals surface area contributed by atoms with Crippen LogP contribution in [0.15, 0.2) is 67.0 Å². The van der Waals surface area contributed by atoms with Gasteiger partial charge in [0.1, 0.15) is 5.82 Å². The predicted octanol–water partition coefficient (Wildman–Crippen LogP) is 6.31. The lowest BCUT2D eigenvalue weighted by Crippen LogP contribution is -2.01. The molecule has 0 aliphatic carbocycles. The van der Waals surface area contributed by atoms with Gasteiger partial charge in [-0.2, -0.15) is 5.26 Å². The molecule has 5 aromatic rings. The Hall–Kier alpha value is -4.15. The number of fused-ring (bicyclic) bond motifs is 1. The molecule has 7 heteroatoms. The van der Waals surface area contributed by atoms with Gasteiger partial charge in [0.2, 0.25) is 0 Å². The molecule has 5 rings (SSSR count). The number of imidazole rings is 2. The minimum atomic E-state index is 0.567. The van der Waals surface area contributed by atoms with Gasteiger partial charge in [0, 0.05) is 11.3 Å². The van der Waals surface area contributed by atoms with E-state index >= 15 is 0 Å². The van der Waals surface area contributed by atoms with Gasteiger partial charge in [-0.1, -0.05) is 29.8 Å². The Morgan fingerprint density at radius 2 is 1.94 bits per heavy atom. The largest absolute Gasteiger partial charge is 0.345 e. The summed E-state index contributed by atoms with van der Waals surface area (Å²) in [6, 6.07) is 22.0. The summed E-state index contributed by atoms with van der Waals surface area (Å²) in [5, 5.41) is 12.7. The molecular formula is C25H20N6S. The molecular weight excluding hydrogens is 416 g/mol. The van der Waals surface area contributed by atoms with E-state index in [1.165, 1.54) is 5.56 Å². The molecule has 0 fully saturated rings. The molecule has 0 bridgehead atoms. The summed E-state index contributed by atoms with van der Waals surface area (Å²) in [5.74, 6) is 0.766. The molecule has 32 heavy (non-hydrogen) atoms. The van der Waals surface area contributed by atoms with E-state index in [2.05, 4.69) is 58.4 Å². The van der Waals surface area contributed by atoms with Crippen LogP contribution in [0.5, 0.6) is 0 Å². The van der Waals surface area contributed by atoms with Gasteiger partial charge in [-0.25, -0.2) is 4.98 Å². The quantitative estimate of drug-likeness (QED) is 0.288. The lowest BCUT2D eigenvalue weighted by molar-refractivity contribution is 1.04. The Balaban J connectivity index is 1.74. The van der Waals surface area contributed by atoms with Gasteiger partial charge in [-0.05, 0) is 68.0 Å². The minimum absolute atomic E-state index is 0.567. The lowest BCUT2D eigenvalue weighted by Gasteiger charge is -2.15. The summed E-state index contributed by atoms with van der Waals surface area (Å²) in [5.41, 5.74) is 8.49. The van der Waals surface area contributed by atoms with Gasteiger partial charge in [0.05, 0.1) is 40.4 Å². The van der Waals surface area contributed by atoms with Crippen molar-refractivity contribution in [2.24, 2.45) is 0 Å². The molecule has 6 nitrogen and oxygen atoms in total. The number of hydrogen-bond donors (Lipinski definition) is 3. The van der Waals surface area contributed by atoms with Crippen molar-refractivity contribution in [2.45, 2.75) is 13.8 Å². The molecule has 0 radical (unpaired) electrons. The third-order valence-electron chi connectivity index (χ3n) is 5.46. The van der Waals surface area contributed by atoms with E-state index in [1.54, 1.807) is 12.4 Å². The fourth-order valence-electron chi connectivity index (χ4n) is 3.98. The number of rotatable bonds is 4. The molecule has 0 spiro atoms. The number of anilines is 2. The number of aromatic nitrogens is 4. The summed E-state index contributed by atoms with van der Waals surface area (Å²) < 4.78 is 2.60. The van der Waals surface area contributed by atoms with Crippen molar-refractivity contribution in [3.05, 3.63) is 88.5 Å². The molecule has 0 aliphatic heterocycles. The normalized spacial score (nSPS) is 10.9. The van der Waals surface area contributed by atoms with E-state index in [9.17, 15) is 5.26 Å². The summed E-state index contributed by atoms with van der Waals surface area (Å²) in [6.07, 6.45) is 1.69. The fraction of sp³-hybridized carbons (Fsp3) is 0.0800. The second-order valence-electron chi connectivity index (χ2n) is 7.73. The van der Waals surface area contributed by atoms with E-state index in [1.807, 2.05) is 41.0 Å². The topological polar surface area (TPSA) is 85.2 Å². The third-order valence-corrected chi connectivity index (χ3v) is 5.74. The summed E-state index contributed by atoms with van der Waals surface area (Å²) >= 11 is 5.77. The first-order valence-corrected chi connectivity index (χ1v) is 10.6. The van der Waals surface area contributed by atoms with Crippen molar-refractivity contribution >= 4 is 34.8 Å². The van der Waals surface area contributed by atoms with Crippen LogP contribution in [0.1, 0.15) is 16.7 Å². The number of nitrogens with one attached hydrogen (secondary N) is 3. The SMILES string of the molecule is Cc1ccc(-c2c(Nc3cccc(C#N)c3)[nH]c(=S)n2-c2ccc3nc[nH]c3c2)c(C)c1. The Morgan fingerprint density at radius 1 is 1.06 bits per heavy atom. The molecule has 2 aromatic heterocycles. The average Bonchev–Trinajstić information content (AvgIpc) is 3.37. The van der Waals surface area contributed by atoms with Crippen LogP contribution in [-0.2, 0) is 0 Å². The molecule has 3 N–H and O–H groups in total. The Kier molecular flexibility index (Phi) is 4.85. The highest BCUT2D eigenvalue weighted by Gasteiger charge is 2.18. The second kappa shape index (κ2) is 7.84. The van der Waals surface area contributed by atoms with Crippen LogP contribution in [-0.4, -0.2) is 19.5 Å². The van der Waals surface area contributed by atoms with Gasteiger partial charge in [-0.3, -0.25) is 4.57 Å². The maximum atomic E-state index is 9.27. The number of nitrogens with zero attached hydrogens (tertiary/aromatic N) is 3. The molecule has 0 atom stereocenters. The van der Waals surface area contributed by atoms with E-state index in [0.29, 0.717) is 10.3 Å². The maximum Gasteiger partial charge on any atom is 0.183 e. The van der Waals surface area contributed by atoms with Crippen LogP contribution in [0.4, 0.5) is 11.5 Å². The molecule has 156 valence electrons. The first-order valence-electron chi connectivity index (χ1n) is 10.2. The Morgan fingerprint density at radius 3 is 2.75 bits per heavy atom. The van der Waals surface area contributed by atoms with Crippen molar-refractivity contribution in [1.82, 2.24) is 19.5 Å². The molecule has 0 saturated heterocycles. The molecule has 3 aromatic carbocycles.